The van der Waals surface area contributed by atoms with Crippen molar-refractivity contribution in [2.75, 3.05) is 33.2 Å². The van der Waals surface area contributed by atoms with E-state index in [1.165, 1.54) is 0 Å². The number of hydrogen-bond donors (Lipinski definition) is 2. The Morgan fingerprint density at radius 2 is 2.33 bits per heavy atom. The second-order valence-corrected chi connectivity index (χ2v) is 5.80. The Labute approximate surface area is 124 Å². The van der Waals surface area contributed by atoms with Gasteiger partial charge in [-0.2, -0.15) is 0 Å². The maximum Gasteiger partial charge on any atom is 0.320 e. The average Bonchev–Trinajstić information content (AvgIpc) is 3.05. The number of nitrogens with one attached hydrogen (secondary N) is 1. The van der Waals surface area contributed by atoms with Crippen LogP contribution in [-0.2, 0) is 6.42 Å². The topological polar surface area (TPSA) is 87.6 Å². The second kappa shape index (κ2) is 6.03. The standard InChI is InChI=1S/C14H23N5O2/c1-18-10-2-3-13(19(9-10)14(18)20)12-8-11(21-17-12)4-6-16-7-5-15/h8,10,13,16H,2-7,9,15H2,1H3/t10-,13+/m1/s1. The number of carbonyl (C=O) groups is 1. The summed E-state index contributed by atoms with van der Waals surface area (Å²) in [6, 6.07) is 2.52. The summed E-state index contributed by atoms with van der Waals surface area (Å²) >= 11 is 0. The Kier molecular flexibility index (Phi) is 4.12. The number of urea groups is 1. The molecule has 7 heteroatoms. The predicted molar refractivity (Wildman–Crippen MR) is 77.8 cm³/mol. The van der Waals surface area contributed by atoms with Gasteiger partial charge < -0.3 is 25.4 Å². The molecule has 1 aromatic heterocycles. The van der Waals surface area contributed by atoms with Gasteiger partial charge in [-0.05, 0) is 12.8 Å². The fraction of sp³-hybridized carbons (Fsp3) is 0.714. The summed E-state index contributed by atoms with van der Waals surface area (Å²) in [6.07, 6.45) is 2.78. The molecular formula is C14H23N5O2. The molecule has 3 rings (SSSR count). The molecule has 0 radical (unpaired) electrons. The van der Waals surface area contributed by atoms with Crippen LogP contribution in [0.15, 0.2) is 10.6 Å². The summed E-state index contributed by atoms with van der Waals surface area (Å²) in [4.78, 5) is 16.0. The molecule has 116 valence electrons. The molecule has 0 aromatic carbocycles. The number of carbonyl (C=O) groups excluding carboxylic acids is 1. The molecule has 0 aliphatic carbocycles. The maximum absolute atomic E-state index is 12.2. The minimum atomic E-state index is 0.0631. The van der Waals surface area contributed by atoms with Crippen molar-refractivity contribution in [3.8, 4) is 0 Å². The zero-order valence-electron chi connectivity index (χ0n) is 12.4. The van der Waals surface area contributed by atoms with E-state index in [9.17, 15) is 4.79 Å². The van der Waals surface area contributed by atoms with E-state index in [4.69, 9.17) is 10.3 Å². The van der Waals surface area contributed by atoms with Crippen molar-refractivity contribution in [1.82, 2.24) is 20.3 Å². The van der Waals surface area contributed by atoms with Crippen LogP contribution in [-0.4, -0.2) is 60.3 Å². The van der Waals surface area contributed by atoms with Crippen LogP contribution >= 0.6 is 0 Å². The average molecular weight is 293 g/mol. The van der Waals surface area contributed by atoms with E-state index in [-0.39, 0.29) is 12.1 Å². The van der Waals surface area contributed by atoms with E-state index < -0.39 is 0 Å². The van der Waals surface area contributed by atoms with E-state index in [2.05, 4.69) is 10.5 Å². The Bertz CT molecular complexity index is 503. The van der Waals surface area contributed by atoms with E-state index in [0.717, 1.165) is 50.4 Å². The quantitative estimate of drug-likeness (QED) is 0.738. The molecule has 2 fully saturated rings. The number of fused-ring (bicyclic) bond motifs is 2. The van der Waals surface area contributed by atoms with Gasteiger partial charge in [-0.25, -0.2) is 4.79 Å². The summed E-state index contributed by atoms with van der Waals surface area (Å²) < 4.78 is 5.39. The van der Waals surface area contributed by atoms with Crippen LogP contribution in [0, 0.1) is 0 Å². The molecule has 21 heavy (non-hydrogen) atoms. The molecule has 2 atom stereocenters. The van der Waals surface area contributed by atoms with E-state index in [1.807, 2.05) is 22.9 Å². The zero-order chi connectivity index (χ0) is 14.8. The van der Waals surface area contributed by atoms with Crippen LogP contribution in [0.5, 0.6) is 0 Å². The molecule has 0 unspecified atom stereocenters. The highest BCUT2D eigenvalue weighted by Crippen LogP contribution is 2.37. The normalized spacial score (nSPS) is 25.0. The minimum Gasteiger partial charge on any atom is -0.361 e. The molecule has 2 saturated heterocycles. The van der Waals surface area contributed by atoms with Crippen LogP contribution in [0.2, 0.25) is 0 Å². The first-order valence-corrected chi connectivity index (χ1v) is 7.60. The molecule has 3 heterocycles. The van der Waals surface area contributed by atoms with Gasteiger partial charge in [0.2, 0.25) is 0 Å². The van der Waals surface area contributed by atoms with Gasteiger partial charge in [0.1, 0.15) is 11.5 Å². The van der Waals surface area contributed by atoms with E-state index >= 15 is 0 Å². The highest BCUT2D eigenvalue weighted by molar-refractivity contribution is 5.77. The van der Waals surface area contributed by atoms with Gasteiger partial charge in [-0.3, -0.25) is 0 Å². The number of nitrogens with two attached hydrogens (primary N) is 1. The van der Waals surface area contributed by atoms with Crippen molar-refractivity contribution in [3.63, 3.8) is 0 Å². The highest BCUT2D eigenvalue weighted by atomic mass is 16.5. The molecule has 1 aromatic rings. The Hall–Kier alpha value is -1.60. The summed E-state index contributed by atoms with van der Waals surface area (Å²) in [6.45, 7) is 3.07. The lowest BCUT2D eigenvalue weighted by atomic mass is 9.98. The van der Waals surface area contributed by atoms with Crippen LogP contribution in [0.3, 0.4) is 0 Å². The maximum atomic E-state index is 12.2. The molecule has 2 aliphatic heterocycles. The summed E-state index contributed by atoms with van der Waals surface area (Å²) in [5.41, 5.74) is 6.31. The van der Waals surface area contributed by atoms with Gasteiger partial charge in [0.15, 0.2) is 0 Å². The van der Waals surface area contributed by atoms with E-state index in [1.54, 1.807) is 0 Å². The largest absolute Gasteiger partial charge is 0.361 e. The third-order valence-corrected chi connectivity index (χ3v) is 4.44. The molecule has 7 nitrogen and oxygen atoms in total. The van der Waals surface area contributed by atoms with Crippen LogP contribution in [0.1, 0.15) is 30.3 Å². The zero-order valence-corrected chi connectivity index (χ0v) is 12.4. The first-order valence-electron chi connectivity index (χ1n) is 7.60. The lowest BCUT2D eigenvalue weighted by Gasteiger charge is -2.28. The Balaban J connectivity index is 1.62. The third kappa shape index (κ3) is 2.75. The van der Waals surface area contributed by atoms with Gasteiger partial charge in [0, 0.05) is 45.7 Å². The van der Waals surface area contributed by atoms with Crippen LogP contribution in [0.4, 0.5) is 4.79 Å². The van der Waals surface area contributed by atoms with Crippen molar-refractivity contribution >= 4 is 6.03 Å². The SMILES string of the molecule is CN1C(=O)N2C[C@H]1CC[C@H]2c1cc(CCNCCN)on1. The first kappa shape index (κ1) is 14.3. The number of hydrogen-bond acceptors (Lipinski definition) is 5. The van der Waals surface area contributed by atoms with Gasteiger partial charge in [-0.15, -0.1) is 0 Å². The molecule has 2 aliphatic rings. The lowest BCUT2D eigenvalue weighted by Crippen LogP contribution is -2.34. The van der Waals surface area contributed by atoms with Crippen LogP contribution < -0.4 is 11.1 Å². The van der Waals surface area contributed by atoms with Gasteiger partial charge in [0.05, 0.1) is 12.1 Å². The van der Waals surface area contributed by atoms with Crippen molar-refractivity contribution in [3.05, 3.63) is 17.5 Å². The van der Waals surface area contributed by atoms with E-state index in [0.29, 0.717) is 12.6 Å². The molecule has 3 N–H and O–H groups in total. The molecular weight excluding hydrogens is 270 g/mol. The predicted octanol–water partition coefficient (Wildman–Crippen LogP) is 0.336. The number of amides is 2. The molecule has 0 spiro atoms. The lowest BCUT2D eigenvalue weighted by molar-refractivity contribution is 0.177. The van der Waals surface area contributed by atoms with Gasteiger partial charge >= 0.3 is 6.03 Å². The number of aromatic nitrogens is 1. The molecule has 2 bridgehead atoms. The van der Waals surface area contributed by atoms with Crippen LogP contribution in [0.25, 0.3) is 0 Å². The van der Waals surface area contributed by atoms with Crippen molar-refractivity contribution in [2.45, 2.75) is 31.3 Å². The summed E-state index contributed by atoms with van der Waals surface area (Å²) in [5, 5.41) is 7.40. The second-order valence-electron chi connectivity index (χ2n) is 5.80. The monoisotopic (exact) mass is 293 g/mol. The number of likely N-dealkylation sites (N-methyl/N-ethyl adjacent to an activating group) is 1. The highest BCUT2D eigenvalue weighted by Gasteiger charge is 2.44. The first-order chi connectivity index (χ1) is 10.2. The fourth-order valence-electron chi connectivity index (χ4n) is 3.19. The van der Waals surface area contributed by atoms with Crippen molar-refractivity contribution < 1.29 is 9.32 Å². The summed E-state index contributed by atoms with van der Waals surface area (Å²) in [7, 11) is 1.88. The Morgan fingerprint density at radius 3 is 3.14 bits per heavy atom. The fourth-order valence-corrected chi connectivity index (χ4v) is 3.19. The molecule has 2 amide bonds. The summed E-state index contributed by atoms with van der Waals surface area (Å²) in [5.74, 6) is 0.858. The van der Waals surface area contributed by atoms with Gasteiger partial charge in [0.25, 0.3) is 0 Å². The smallest absolute Gasteiger partial charge is 0.320 e. The number of nitrogens with zero attached hydrogens (tertiary/aromatic N) is 3. The minimum absolute atomic E-state index is 0.0631. The Morgan fingerprint density at radius 1 is 1.48 bits per heavy atom. The number of rotatable bonds is 6. The molecule has 0 saturated carbocycles. The van der Waals surface area contributed by atoms with Crippen molar-refractivity contribution in [2.24, 2.45) is 5.73 Å². The third-order valence-electron chi connectivity index (χ3n) is 4.44. The van der Waals surface area contributed by atoms with Crippen molar-refractivity contribution in [1.29, 1.82) is 0 Å². The number of piperidine rings is 1. The van der Waals surface area contributed by atoms with Gasteiger partial charge in [-0.1, -0.05) is 5.16 Å².